The monoisotopic (exact) mass is 760 g/mol. The molecule has 7 nitrogen and oxygen atoms in total. The van der Waals surface area contributed by atoms with E-state index in [1.54, 1.807) is 36.4 Å². The Morgan fingerprint density at radius 1 is 0.574 bits per heavy atom. The number of hydrogen-bond donors (Lipinski definition) is 2. The molecule has 0 fully saturated rings. The zero-order valence-corrected chi connectivity index (χ0v) is 34.5. The topological polar surface area (TPSA) is 102 Å². The average molecular weight is 761 g/mol. The van der Waals surface area contributed by atoms with Crippen LogP contribution in [0.2, 0.25) is 24.7 Å². The van der Waals surface area contributed by atoms with E-state index in [1.165, 1.54) is 75.9 Å². The standard InChI is InChI=1S/C46H68O7Si/c1-4-38(2)37-52-45(49)41-25-29-44(30-26-41)53-46(50)42-21-19-39(20-22-42)40-23-27-43(28-24-40)51-33-15-9-5-6-10-16-34-54(3,35-17-11-7-13-31-47)36-18-12-8-14-32-48/h19-30,38,47-48H,4-18,31-37H2,1-3H3. The molecule has 0 radical (unpaired) electrons. The summed E-state index contributed by atoms with van der Waals surface area (Å²) >= 11 is 0. The van der Waals surface area contributed by atoms with Crippen LogP contribution in [-0.4, -0.2) is 56.7 Å². The highest BCUT2D eigenvalue weighted by Gasteiger charge is 2.25. The molecule has 3 aromatic rings. The lowest BCUT2D eigenvalue weighted by molar-refractivity contribution is 0.0447. The zero-order chi connectivity index (χ0) is 38.9. The fraction of sp³-hybridized carbons (Fsp3) is 0.565. The summed E-state index contributed by atoms with van der Waals surface area (Å²) in [4.78, 5) is 25.0. The lowest BCUT2D eigenvalue weighted by Gasteiger charge is -2.28. The summed E-state index contributed by atoms with van der Waals surface area (Å²) in [5, 5.41) is 18.2. The van der Waals surface area contributed by atoms with Gasteiger partial charge in [0.15, 0.2) is 0 Å². The van der Waals surface area contributed by atoms with Crippen LogP contribution in [0.25, 0.3) is 11.1 Å². The number of aliphatic hydroxyl groups excluding tert-OH is 2. The maximum Gasteiger partial charge on any atom is 0.343 e. The lowest BCUT2D eigenvalue weighted by Crippen LogP contribution is -2.29. The summed E-state index contributed by atoms with van der Waals surface area (Å²) in [6.07, 6.45) is 17.8. The number of benzene rings is 3. The normalized spacial score (nSPS) is 12.0. The molecule has 0 spiro atoms. The number of carbonyl (C=O) groups excluding carboxylic acids is 2. The van der Waals surface area contributed by atoms with E-state index >= 15 is 0 Å². The van der Waals surface area contributed by atoms with E-state index in [2.05, 4.69) is 13.5 Å². The maximum atomic E-state index is 12.8. The summed E-state index contributed by atoms with van der Waals surface area (Å²) in [7, 11) is -1.22. The second-order valence-electron chi connectivity index (χ2n) is 15.4. The SMILES string of the molecule is CCC(C)COC(=O)c1ccc(OC(=O)c2ccc(-c3ccc(OCCCCCCCC[Si](C)(CCCCCCO)CCCCCCO)cc3)cc2)cc1. The lowest BCUT2D eigenvalue weighted by atomic mass is 10.0. The molecular formula is C46H68O7Si. The summed E-state index contributed by atoms with van der Waals surface area (Å²) < 4.78 is 16.9. The Balaban J connectivity index is 1.32. The average Bonchev–Trinajstić information content (AvgIpc) is 3.19. The van der Waals surface area contributed by atoms with Gasteiger partial charge in [0.05, 0.1) is 32.4 Å². The van der Waals surface area contributed by atoms with Gasteiger partial charge in [-0.2, -0.15) is 0 Å². The van der Waals surface area contributed by atoms with E-state index in [4.69, 9.17) is 24.4 Å². The third-order valence-corrected chi connectivity index (χ3v) is 15.3. The Hall–Kier alpha value is -3.46. The minimum atomic E-state index is -1.22. The molecule has 3 rings (SSSR count). The minimum Gasteiger partial charge on any atom is -0.494 e. The molecule has 0 aliphatic rings. The predicted molar refractivity (Wildman–Crippen MR) is 223 cm³/mol. The first-order valence-electron chi connectivity index (χ1n) is 20.8. The molecule has 0 bridgehead atoms. The zero-order valence-electron chi connectivity index (χ0n) is 33.5. The van der Waals surface area contributed by atoms with Gasteiger partial charge in [-0.05, 0) is 84.8 Å². The molecule has 0 aliphatic heterocycles. The summed E-state index contributed by atoms with van der Waals surface area (Å²) in [5.74, 6) is 0.696. The van der Waals surface area contributed by atoms with Gasteiger partial charge in [0, 0.05) is 13.2 Å². The molecule has 8 heteroatoms. The largest absolute Gasteiger partial charge is 0.494 e. The molecule has 54 heavy (non-hydrogen) atoms. The number of hydrogen-bond acceptors (Lipinski definition) is 7. The van der Waals surface area contributed by atoms with E-state index in [9.17, 15) is 9.59 Å². The third kappa shape index (κ3) is 17.8. The number of aliphatic hydroxyl groups is 2. The summed E-state index contributed by atoms with van der Waals surface area (Å²) in [6.45, 7) is 8.46. The number of unbranched alkanes of at least 4 members (excludes halogenated alkanes) is 11. The highest BCUT2D eigenvalue weighted by molar-refractivity contribution is 6.78. The van der Waals surface area contributed by atoms with Crippen LogP contribution in [0.3, 0.4) is 0 Å². The van der Waals surface area contributed by atoms with Crippen molar-refractivity contribution in [2.75, 3.05) is 26.4 Å². The number of carbonyl (C=O) groups is 2. The summed E-state index contributed by atoms with van der Waals surface area (Å²) in [5.41, 5.74) is 2.91. The second kappa shape index (κ2) is 26.4. The molecule has 0 amide bonds. The van der Waals surface area contributed by atoms with Gasteiger partial charge in [-0.25, -0.2) is 9.59 Å². The molecular weight excluding hydrogens is 693 g/mol. The molecule has 3 aromatic carbocycles. The molecule has 1 atom stereocenters. The Bertz CT molecular complexity index is 1430. The van der Waals surface area contributed by atoms with Crippen LogP contribution in [0.4, 0.5) is 0 Å². The molecule has 0 aliphatic carbocycles. The number of rotatable bonds is 29. The molecule has 298 valence electrons. The molecule has 0 saturated carbocycles. The van der Waals surface area contributed by atoms with Crippen molar-refractivity contribution in [3.05, 3.63) is 83.9 Å². The fourth-order valence-electron chi connectivity index (χ4n) is 6.75. The van der Waals surface area contributed by atoms with Gasteiger partial charge in [0.1, 0.15) is 11.5 Å². The second-order valence-corrected chi connectivity index (χ2v) is 20.6. The quantitative estimate of drug-likeness (QED) is 0.0314. The molecule has 0 heterocycles. The van der Waals surface area contributed by atoms with Gasteiger partial charge in [0.25, 0.3) is 0 Å². The van der Waals surface area contributed by atoms with Crippen LogP contribution in [0.1, 0.15) is 131 Å². The first kappa shape index (κ1) is 44.9. The van der Waals surface area contributed by atoms with Crippen molar-refractivity contribution < 1.29 is 34.0 Å². The van der Waals surface area contributed by atoms with Gasteiger partial charge in [-0.15, -0.1) is 0 Å². The van der Waals surface area contributed by atoms with Crippen LogP contribution in [-0.2, 0) is 4.74 Å². The van der Waals surface area contributed by atoms with E-state index in [0.717, 1.165) is 62.0 Å². The Morgan fingerprint density at radius 3 is 1.52 bits per heavy atom. The fourth-order valence-corrected chi connectivity index (χ4v) is 10.8. The van der Waals surface area contributed by atoms with Crippen LogP contribution in [0, 0.1) is 5.92 Å². The van der Waals surface area contributed by atoms with Gasteiger partial charge in [-0.3, -0.25) is 0 Å². The highest BCUT2D eigenvalue weighted by atomic mass is 28.3. The predicted octanol–water partition coefficient (Wildman–Crippen LogP) is 11.7. The first-order chi connectivity index (χ1) is 26.3. The first-order valence-corrected chi connectivity index (χ1v) is 23.9. The molecule has 0 saturated heterocycles. The minimum absolute atomic E-state index is 0.309. The van der Waals surface area contributed by atoms with Crippen LogP contribution < -0.4 is 9.47 Å². The van der Waals surface area contributed by atoms with Crippen molar-refractivity contribution in [1.82, 2.24) is 0 Å². The van der Waals surface area contributed by atoms with Crippen molar-refractivity contribution in [3.63, 3.8) is 0 Å². The smallest absolute Gasteiger partial charge is 0.343 e. The number of esters is 2. The highest BCUT2D eigenvalue weighted by Crippen LogP contribution is 2.30. The van der Waals surface area contributed by atoms with Crippen molar-refractivity contribution >= 4 is 20.0 Å². The molecule has 1 unspecified atom stereocenters. The van der Waals surface area contributed by atoms with Crippen molar-refractivity contribution in [1.29, 1.82) is 0 Å². The van der Waals surface area contributed by atoms with Crippen LogP contribution >= 0.6 is 0 Å². The Labute approximate surface area is 326 Å². The van der Waals surface area contributed by atoms with E-state index in [-0.39, 0.29) is 5.97 Å². The molecule has 2 N–H and O–H groups in total. The van der Waals surface area contributed by atoms with Gasteiger partial charge in [-0.1, -0.05) is 140 Å². The van der Waals surface area contributed by atoms with Gasteiger partial charge in [0.2, 0.25) is 0 Å². The van der Waals surface area contributed by atoms with Crippen molar-refractivity contribution in [3.8, 4) is 22.6 Å². The third-order valence-electron chi connectivity index (χ3n) is 10.6. The van der Waals surface area contributed by atoms with E-state index in [0.29, 0.717) is 42.6 Å². The van der Waals surface area contributed by atoms with Crippen LogP contribution in [0.5, 0.6) is 11.5 Å². The summed E-state index contributed by atoms with van der Waals surface area (Å²) in [6, 6.07) is 26.1. The Kier molecular flexibility index (Phi) is 21.9. The van der Waals surface area contributed by atoms with E-state index in [1.807, 2.05) is 43.3 Å². The maximum absolute atomic E-state index is 12.8. The Morgan fingerprint density at radius 2 is 1.00 bits per heavy atom. The number of ether oxygens (including phenoxy) is 3. The van der Waals surface area contributed by atoms with Crippen molar-refractivity contribution in [2.45, 2.75) is 135 Å². The van der Waals surface area contributed by atoms with Crippen molar-refractivity contribution in [2.24, 2.45) is 5.92 Å². The van der Waals surface area contributed by atoms with Gasteiger partial charge >= 0.3 is 11.9 Å². The van der Waals surface area contributed by atoms with E-state index < -0.39 is 14.0 Å². The molecule has 0 aromatic heterocycles. The van der Waals surface area contributed by atoms with Crippen LogP contribution in [0.15, 0.2) is 72.8 Å². The van der Waals surface area contributed by atoms with Gasteiger partial charge < -0.3 is 24.4 Å².